The van der Waals surface area contributed by atoms with E-state index in [1.54, 1.807) is 12.1 Å². The second-order valence-corrected chi connectivity index (χ2v) is 3.58. The number of aliphatic carboxylic acids is 1. The highest BCUT2D eigenvalue weighted by atomic mass is 16.4. The lowest BCUT2D eigenvalue weighted by atomic mass is 10.0. The predicted octanol–water partition coefficient (Wildman–Crippen LogP) is 0.808. The highest BCUT2D eigenvalue weighted by molar-refractivity contribution is 5.79. The van der Waals surface area contributed by atoms with E-state index in [4.69, 9.17) is 10.2 Å². The Bertz CT molecular complexity index is 367. The van der Waals surface area contributed by atoms with E-state index >= 15 is 0 Å². The van der Waals surface area contributed by atoms with Crippen LogP contribution in [0.15, 0.2) is 24.3 Å². The first kappa shape index (κ1) is 12.4. The van der Waals surface area contributed by atoms with Gasteiger partial charge in [-0.3, -0.25) is 9.59 Å². The Kier molecular flexibility index (Phi) is 4.66. The van der Waals surface area contributed by atoms with E-state index in [1.165, 1.54) is 0 Å². The van der Waals surface area contributed by atoms with Crippen molar-refractivity contribution >= 4 is 11.8 Å². The lowest BCUT2D eigenvalue weighted by Crippen LogP contribution is -2.05. The quantitative estimate of drug-likeness (QED) is 0.746. The van der Waals surface area contributed by atoms with Crippen molar-refractivity contribution in [2.24, 2.45) is 0 Å². The zero-order valence-corrected chi connectivity index (χ0v) is 8.85. The third-order valence-electron chi connectivity index (χ3n) is 2.25. The number of Topliss-reactive ketones (excluding diaryl/α,β-unsaturated/α-hetero) is 1. The Morgan fingerprint density at radius 1 is 1.06 bits per heavy atom. The molecule has 0 aromatic heterocycles. The molecule has 0 saturated heterocycles. The molecule has 0 unspecified atom stereocenters. The molecule has 0 aliphatic carbocycles. The first-order valence-electron chi connectivity index (χ1n) is 5.04. The van der Waals surface area contributed by atoms with Crippen LogP contribution in [0.2, 0.25) is 0 Å². The first-order chi connectivity index (χ1) is 7.61. The second-order valence-electron chi connectivity index (χ2n) is 3.58. The molecule has 1 aromatic rings. The molecule has 0 saturated carbocycles. The minimum absolute atomic E-state index is 0.00977. The minimum atomic E-state index is -0.858. The number of rotatable bonds is 6. The summed E-state index contributed by atoms with van der Waals surface area (Å²) in [5.41, 5.74) is 1.71. The number of aryl methyl sites for hydroxylation is 1. The van der Waals surface area contributed by atoms with Gasteiger partial charge in [-0.05, 0) is 17.5 Å². The van der Waals surface area contributed by atoms with E-state index in [-0.39, 0.29) is 12.2 Å². The Labute approximate surface area is 93.5 Å². The summed E-state index contributed by atoms with van der Waals surface area (Å²) in [5.74, 6) is -1.04. The first-order valence-corrected chi connectivity index (χ1v) is 5.04. The molecule has 0 bridgehead atoms. The fourth-order valence-corrected chi connectivity index (χ4v) is 1.36. The number of carboxylic acid groups (broad SMARTS) is 1. The van der Waals surface area contributed by atoms with Crippen molar-refractivity contribution in [3.63, 3.8) is 0 Å². The molecular formula is C12H14O4. The van der Waals surface area contributed by atoms with E-state index in [9.17, 15) is 9.59 Å². The maximum Gasteiger partial charge on any atom is 0.307 e. The number of benzene rings is 1. The summed E-state index contributed by atoms with van der Waals surface area (Å²) in [7, 11) is 0. The van der Waals surface area contributed by atoms with Gasteiger partial charge in [0.05, 0.1) is 6.42 Å². The van der Waals surface area contributed by atoms with Crippen molar-refractivity contribution in [1.29, 1.82) is 0 Å². The van der Waals surface area contributed by atoms with Gasteiger partial charge in [0, 0.05) is 6.42 Å². The van der Waals surface area contributed by atoms with E-state index in [2.05, 4.69) is 0 Å². The average Bonchev–Trinajstić information content (AvgIpc) is 2.27. The number of aliphatic hydroxyl groups is 1. The van der Waals surface area contributed by atoms with E-state index in [0.717, 1.165) is 11.1 Å². The molecule has 16 heavy (non-hydrogen) atoms. The van der Waals surface area contributed by atoms with E-state index in [0.29, 0.717) is 12.8 Å². The molecule has 0 aliphatic heterocycles. The van der Waals surface area contributed by atoms with Gasteiger partial charge in [-0.2, -0.15) is 0 Å². The Morgan fingerprint density at radius 3 is 2.12 bits per heavy atom. The summed E-state index contributed by atoms with van der Waals surface area (Å²) in [6, 6.07) is 7.10. The van der Waals surface area contributed by atoms with Gasteiger partial charge in [0.15, 0.2) is 5.78 Å². The fourth-order valence-electron chi connectivity index (χ4n) is 1.36. The molecule has 86 valence electrons. The smallest absolute Gasteiger partial charge is 0.307 e. The molecule has 0 heterocycles. The molecule has 2 N–H and O–H groups in total. The minimum Gasteiger partial charge on any atom is -0.481 e. The van der Waals surface area contributed by atoms with Gasteiger partial charge in [0.1, 0.15) is 6.61 Å². The molecule has 4 nitrogen and oxygen atoms in total. The number of hydrogen-bond acceptors (Lipinski definition) is 3. The van der Waals surface area contributed by atoms with Crippen molar-refractivity contribution in [2.75, 3.05) is 6.61 Å². The van der Waals surface area contributed by atoms with Crippen LogP contribution in [0, 0.1) is 0 Å². The normalized spacial score (nSPS) is 10.1. The molecule has 1 rings (SSSR count). The Morgan fingerprint density at radius 2 is 1.62 bits per heavy atom. The van der Waals surface area contributed by atoms with Crippen LogP contribution in [0.5, 0.6) is 0 Å². The summed E-state index contributed by atoms with van der Waals surface area (Å²) < 4.78 is 0. The standard InChI is InChI=1S/C12H14O4/c13-8-11(14)6-5-9-1-3-10(4-2-9)7-12(15)16/h1-4,13H,5-8H2,(H,15,16). The third-order valence-corrected chi connectivity index (χ3v) is 2.25. The van der Waals surface area contributed by atoms with Crippen molar-refractivity contribution < 1.29 is 19.8 Å². The summed E-state index contributed by atoms with van der Waals surface area (Å²) >= 11 is 0. The number of hydrogen-bond donors (Lipinski definition) is 2. The maximum atomic E-state index is 10.9. The van der Waals surface area contributed by atoms with Gasteiger partial charge < -0.3 is 10.2 Å². The zero-order valence-electron chi connectivity index (χ0n) is 8.85. The number of carbonyl (C=O) groups excluding carboxylic acids is 1. The molecule has 0 fully saturated rings. The monoisotopic (exact) mass is 222 g/mol. The van der Waals surface area contributed by atoms with Crippen LogP contribution in [-0.4, -0.2) is 28.6 Å². The van der Waals surface area contributed by atoms with Gasteiger partial charge in [-0.25, -0.2) is 0 Å². The van der Waals surface area contributed by atoms with Gasteiger partial charge in [-0.15, -0.1) is 0 Å². The van der Waals surface area contributed by atoms with Crippen LogP contribution in [0.3, 0.4) is 0 Å². The summed E-state index contributed by atoms with van der Waals surface area (Å²) in [6.07, 6.45) is 0.900. The highest BCUT2D eigenvalue weighted by Crippen LogP contribution is 2.07. The van der Waals surface area contributed by atoms with Gasteiger partial charge in [0.25, 0.3) is 0 Å². The maximum absolute atomic E-state index is 10.9. The Balaban J connectivity index is 2.51. The molecular weight excluding hydrogens is 208 g/mol. The van der Waals surface area contributed by atoms with Gasteiger partial charge in [0.2, 0.25) is 0 Å². The van der Waals surface area contributed by atoms with Crippen LogP contribution < -0.4 is 0 Å². The molecule has 0 radical (unpaired) electrons. The molecule has 0 spiro atoms. The number of ketones is 1. The van der Waals surface area contributed by atoms with Crippen LogP contribution in [0.1, 0.15) is 17.5 Å². The molecule has 0 amide bonds. The molecule has 1 aromatic carbocycles. The topological polar surface area (TPSA) is 74.6 Å². The van der Waals surface area contributed by atoms with Crippen LogP contribution >= 0.6 is 0 Å². The van der Waals surface area contributed by atoms with E-state index < -0.39 is 12.6 Å². The van der Waals surface area contributed by atoms with Crippen LogP contribution in [0.4, 0.5) is 0 Å². The summed E-state index contributed by atoms with van der Waals surface area (Å²) in [4.78, 5) is 21.3. The van der Waals surface area contributed by atoms with Gasteiger partial charge in [-0.1, -0.05) is 24.3 Å². The van der Waals surface area contributed by atoms with Crippen molar-refractivity contribution in [3.8, 4) is 0 Å². The average molecular weight is 222 g/mol. The zero-order chi connectivity index (χ0) is 12.0. The number of aliphatic hydroxyl groups excluding tert-OH is 1. The fraction of sp³-hybridized carbons (Fsp3) is 0.333. The lowest BCUT2D eigenvalue weighted by Gasteiger charge is -2.01. The van der Waals surface area contributed by atoms with Crippen LogP contribution in [-0.2, 0) is 22.4 Å². The predicted molar refractivity (Wildman–Crippen MR) is 58.2 cm³/mol. The van der Waals surface area contributed by atoms with Gasteiger partial charge >= 0.3 is 5.97 Å². The third kappa shape index (κ3) is 4.23. The molecule has 0 atom stereocenters. The van der Waals surface area contributed by atoms with Crippen molar-refractivity contribution in [2.45, 2.75) is 19.3 Å². The molecule has 0 aliphatic rings. The highest BCUT2D eigenvalue weighted by Gasteiger charge is 2.02. The molecule has 4 heteroatoms. The summed E-state index contributed by atoms with van der Waals surface area (Å²) in [5, 5.41) is 17.1. The van der Waals surface area contributed by atoms with Crippen LogP contribution in [0.25, 0.3) is 0 Å². The largest absolute Gasteiger partial charge is 0.481 e. The van der Waals surface area contributed by atoms with Crippen molar-refractivity contribution in [1.82, 2.24) is 0 Å². The SMILES string of the molecule is O=C(O)Cc1ccc(CCC(=O)CO)cc1. The number of carbonyl (C=O) groups is 2. The van der Waals surface area contributed by atoms with E-state index in [1.807, 2.05) is 12.1 Å². The van der Waals surface area contributed by atoms with Crippen molar-refractivity contribution in [3.05, 3.63) is 35.4 Å². The lowest BCUT2D eigenvalue weighted by molar-refractivity contribution is -0.136. The number of carboxylic acids is 1. The summed E-state index contributed by atoms with van der Waals surface area (Å²) in [6.45, 7) is -0.420. The Hall–Kier alpha value is -1.68. The second kappa shape index (κ2) is 6.02.